The monoisotopic (exact) mass is 258 g/mol. The van der Waals surface area contributed by atoms with Crippen molar-refractivity contribution >= 4 is 5.91 Å². The zero-order valence-electron chi connectivity index (χ0n) is 9.67. The molecule has 0 bridgehead atoms. The number of halogens is 3. The van der Waals surface area contributed by atoms with Crippen LogP contribution < -0.4 is 11.1 Å². The van der Waals surface area contributed by atoms with Crippen LogP contribution in [0, 0.1) is 0 Å². The summed E-state index contributed by atoms with van der Waals surface area (Å²) in [5, 5.41) is 10.8. The van der Waals surface area contributed by atoms with Gasteiger partial charge < -0.3 is 20.9 Å². The first-order valence-corrected chi connectivity index (χ1v) is 4.93. The summed E-state index contributed by atoms with van der Waals surface area (Å²) in [6, 6.07) is -0.706. The minimum absolute atomic E-state index is 0.000235. The number of nitrogens with two attached hydrogens (primary N) is 1. The number of aliphatic hydroxyl groups excluding tert-OH is 1. The molecule has 0 aromatic heterocycles. The third kappa shape index (κ3) is 4.49. The summed E-state index contributed by atoms with van der Waals surface area (Å²) in [7, 11) is 1.34. The molecule has 0 saturated carbocycles. The molecule has 0 spiro atoms. The molecule has 0 radical (unpaired) electrons. The average molecular weight is 258 g/mol. The molecule has 0 aliphatic rings. The van der Waals surface area contributed by atoms with Crippen molar-refractivity contribution in [3.05, 3.63) is 0 Å². The smallest absolute Gasteiger partial charge is 0.396 e. The van der Waals surface area contributed by atoms with Crippen LogP contribution in [0.15, 0.2) is 0 Å². The number of amides is 1. The molecule has 0 rings (SSSR count). The minimum Gasteiger partial charge on any atom is -0.396 e. The highest BCUT2D eigenvalue weighted by Gasteiger charge is 2.54. The molecule has 0 fully saturated rings. The van der Waals surface area contributed by atoms with Gasteiger partial charge in [-0.15, -0.1) is 0 Å². The molecule has 0 aromatic rings. The highest BCUT2D eigenvalue weighted by Crippen LogP contribution is 2.28. The Morgan fingerprint density at radius 2 is 2.06 bits per heavy atom. The summed E-state index contributed by atoms with van der Waals surface area (Å²) >= 11 is 0. The predicted molar refractivity (Wildman–Crippen MR) is 54.2 cm³/mol. The van der Waals surface area contributed by atoms with E-state index in [-0.39, 0.29) is 19.6 Å². The first kappa shape index (κ1) is 16.1. The molecule has 0 aliphatic heterocycles. The standard InChI is InChI=1S/C9H17F3N2O3/c1-8(13,9(10,11)12)7(16)14-6(3-4-15)5-17-2/h6,15H,3-5,13H2,1-2H3,(H,14,16). The van der Waals surface area contributed by atoms with Crippen LogP contribution in [0.4, 0.5) is 13.2 Å². The lowest BCUT2D eigenvalue weighted by molar-refractivity contribution is -0.188. The maximum atomic E-state index is 12.4. The molecule has 0 heterocycles. The molecule has 8 heteroatoms. The molecule has 0 aromatic carbocycles. The fourth-order valence-electron chi connectivity index (χ4n) is 1.02. The summed E-state index contributed by atoms with van der Waals surface area (Å²) < 4.78 is 42.0. The summed E-state index contributed by atoms with van der Waals surface area (Å²) in [6.07, 6.45) is -4.75. The Balaban J connectivity index is 4.60. The van der Waals surface area contributed by atoms with Gasteiger partial charge in [-0.3, -0.25) is 4.79 Å². The van der Waals surface area contributed by atoms with E-state index in [0.29, 0.717) is 6.92 Å². The summed E-state index contributed by atoms with van der Waals surface area (Å²) in [6.45, 7) is 0.312. The van der Waals surface area contributed by atoms with Crippen molar-refractivity contribution in [3.8, 4) is 0 Å². The van der Waals surface area contributed by atoms with E-state index in [2.05, 4.69) is 5.32 Å². The molecule has 5 nitrogen and oxygen atoms in total. The predicted octanol–water partition coefficient (Wildman–Crippen LogP) is -0.220. The molecule has 0 aliphatic carbocycles. The van der Waals surface area contributed by atoms with Crippen molar-refractivity contribution in [2.45, 2.75) is 31.1 Å². The Morgan fingerprint density at radius 1 is 1.53 bits per heavy atom. The van der Waals surface area contributed by atoms with Gasteiger partial charge in [0.25, 0.3) is 0 Å². The second-order valence-electron chi connectivity index (χ2n) is 3.84. The summed E-state index contributed by atoms with van der Waals surface area (Å²) in [5.41, 5.74) is 1.97. The van der Waals surface area contributed by atoms with Gasteiger partial charge in [0.05, 0.1) is 12.6 Å². The largest absolute Gasteiger partial charge is 0.415 e. The van der Waals surface area contributed by atoms with Crippen LogP contribution in [0.5, 0.6) is 0 Å². The maximum Gasteiger partial charge on any atom is 0.415 e. The van der Waals surface area contributed by atoms with Crippen LogP contribution >= 0.6 is 0 Å². The first-order chi connectivity index (χ1) is 7.66. The number of aliphatic hydroxyl groups is 1. The second-order valence-corrected chi connectivity index (χ2v) is 3.84. The van der Waals surface area contributed by atoms with E-state index in [4.69, 9.17) is 15.6 Å². The van der Waals surface area contributed by atoms with Crippen LogP contribution in [0.1, 0.15) is 13.3 Å². The van der Waals surface area contributed by atoms with Crippen LogP contribution in [-0.2, 0) is 9.53 Å². The van der Waals surface area contributed by atoms with Crippen LogP contribution in [0.25, 0.3) is 0 Å². The SMILES string of the molecule is COCC(CCO)NC(=O)C(C)(N)C(F)(F)F. The van der Waals surface area contributed by atoms with Gasteiger partial charge in [0.15, 0.2) is 5.54 Å². The molecule has 2 atom stereocenters. The summed E-state index contributed by atoms with van der Waals surface area (Å²) in [4.78, 5) is 11.4. The molecule has 102 valence electrons. The van der Waals surface area contributed by atoms with E-state index >= 15 is 0 Å². The van der Waals surface area contributed by atoms with Crippen LogP contribution in [0.3, 0.4) is 0 Å². The Hall–Kier alpha value is -0.860. The number of nitrogens with one attached hydrogen (secondary N) is 1. The van der Waals surface area contributed by atoms with Gasteiger partial charge in [0, 0.05) is 13.7 Å². The Morgan fingerprint density at radius 3 is 2.41 bits per heavy atom. The van der Waals surface area contributed by atoms with E-state index in [9.17, 15) is 18.0 Å². The van der Waals surface area contributed by atoms with Crippen molar-refractivity contribution in [1.29, 1.82) is 0 Å². The number of rotatable bonds is 6. The van der Waals surface area contributed by atoms with E-state index in [1.807, 2.05) is 0 Å². The number of methoxy groups -OCH3 is 1. The number of carbonyl (C=O) groups is 1. The van der Waals surface area contributed by atoms with Gasteiger partial charge in [-0.1, -0.05) is 0 Å². The highest BCUT2D eigenvalue weighted by molar-refractivity contribution is 5.86. The van der Waals surface area contributed by atoms with E-state index in [1.165, 1.54) is 7.11 Å². The van der Waals surface area contributed by atoms with Crippen LogP contribution in [-0.4, -0.2) is 49.1 Å². The normalized spacial score (nSPS) is 17.4. The Kier molecular flexibility index (Phi) is 5.86. The molecule has 4 N–H and O–H groups in total. The zero-order valence-corrected chi connectivity index (χ0v) is 9.67. The van der Waals surface area contributed by atoms with Gasteiger partial charge in [-0.25, -0.2) is 0 Å². The molecule has 1 amide bonds. The van der Waals surface area contributed by atoms with Gasteiger partial charge in [0.2, 0.25) is 5.91 Å². The van der Waals surface area contributed by atoms with Crippen molar-refractivity contribution in [2.24, 2.45) is 5.73 Å². The quantitative estimate of drug-likeness (QED) is 0.615. The van der Waals surface area contributed by atoms with E-state index in [1.54, 1.807) is 0 Å². The van der Waals surface area contributed by atoms with E-state index in [0.717, 1.165) is 0 Å². The molecular formula is C9H17F3N2O3. The van der Waals surface area contributed by atoms with Gasteiger partial charge >= 0.3 is 6.18 Å². The molecule has 2 unspecified atom stereocenters. The third-order valence-electron chi connectivity index (χ3n) is 2.24. The van der Waals surface area contributed by atoms with Crippen molar-refractivity contribution in [3.63, 3.8) is 0 Å². The first-order valence-electron chi connectivity index (χ1n) is 4.93. The van der Waals surface area contributed by atoms with Crippen molar-refractivity contribution in [2.75, 3.05) is 20.3 Å². The Bertz CT molecular complexity index is 250. The van der Waals surface area contributed by atoms with E-state index < -0.39 is 23.7 Å². The van der Waals surface area contributed by atoms with Gasteiger partial charge in [-0.2, -0.15) is 13.2 Å². The lowest BCUT2D eigenvalue weighted by Crippen LogP contribution is -2.63. The Labute approximate surface area is 97.1 Å². The maximum absolute atomic E-state index is 12.4. The number of carbonyl (C=O) groups excluding carboxylic acids is 1. The van der Waals surface area contributed by atoms with Crippen molar-refractivity contribution < 1.29 is 27.8 Å². The van der Waals surface area contributed by atoms with Gasteiger partial charge in [0.1, 0.15) is 0 Å². The fraction of sp³-hybridized carbons (Fsp3) is 0.889. The number of ether oxygens (including phenoxy) is 1. The molecular weight excluding hydrogens is 241 g/mol. The van der Waals surface area contributed by atoms with Gasteiger partial charge in [-0.05, 0) is 13.3 Å². The summed E-state index contributed by atoms with van der Waals surface area (Å²) in [5.74, 6) is -1.35. The number of alkyl halides is 3. The topological polar surface area (TPSA) is 84.6 Å². The lowest BCUT2D eigenvalue weighted by Gasteiger charge is -2.28. The van der Waals surface area contributed by atoms with Crippen LogP contribution in [0.2, 0.25) is 0 Å². The molecule has 0 saturated heterocycles. The average Bonchev–Trinajstić information content (AvgIpc) is 2.16. The number of hydrogen-bond donors (Lipinski definition) is 3. The number of hydrogen-bond acceptors (Lipinski definition) is 4. The molecule has 17 heavy (non-hydrogen) atoms. The highest BCUT2D eigenvalue weighted by atomic mass is 19.4. The minimum atomic E-state index is -4.84. The van der Waals surface area contributed by atoms with Crippen molar-refractivity contribution in [1.82, 2.24) is 5.32 Å². The second kappa shape index (κ2) is 6.18. The lowest BCUT2D eigenvalue weighted by atomic mass is 10.0. The fourth-order valence-corrected chi connectivity index (χ4v) is 1.02. The zero-order chi connectivity index (χ0) is 13.7. The third-order valence-corrected chi connectivity index (χ3v) is 2.24.